The zero-order valence-corrected chi connectivity index (χ0v) is 11.7. The van der Waals surface area contributed by atoms with Gasteiger partial charge in [-0.05, 0) is 43.2 Å². The molecule has 2 nitrogen and oxygen atoms in total. The van der Waals surface area contributed by atoms with E-state index < -0.39 is 0 Å². The lowest BCUT2D eigenvalue weighted by Crippen LogP contribution is -2.28. The maximum atomic E-state index is 8.79. The first kappa shape index (κ1) is 14.0. The molecule has 0 aromatic heterocycles. The smallest absolute Gasteiger partial charge is 0.135 e. The first-order valence-corrected chi connectivity index (χ1v) is 7.04. The highest BCUT2D eigenvalue weighted by atomic mass is 16.5. The van der Waals surface area contributed by atoms with Gasteiger partial charge in [0.25, 0.3) is 0 Å². The van der Waals surface area contributed by atoms with E-state index in [9.17, 15) is 0 Å². The van der Waals surface area contributed by atoms with Gasteiger partial charge < -0.3 is 9.84 Å². The number of aliphatic hydroxyl groups excluding tert-OH is 1. The topological polar surface area (TPSA) is 29.5 Å². The highest BCUT2D eigenvalue weighted by Crippen LogP contribution is 2.32. The summed E-state index contributed by atoms with van der Waals surface area (Å²) in [5, 5.41) is 8.79. The Balaban J connectivity index is 2.10. The molecule has 1 aliphatic carbocycles. The highest BCUT2D eigenvalue weighted by molar-refractivity contribution is 5.46. The molecule has 1 N–H and O–H groups in total. The first-order chi connectivity index (χ1) is 9.19. The van der Waals surface area contributed by atoms with E-state index in [4.69, 9.17) is 9.84 Å². The van der Waals surface area contributed by atoms with Gasteiger partial charge in [0.15, 0.2) is 0 Å². The van der Waals surface area contributed by atoms with Crippen molar-refractivity contribution in [1.29, 1.82) is 0 Å². The summed E-state index contributed by atoms with van der Waals surface area (Å²) in [6, 6.07) is 7.81. The van der Waals surface area contributed by atoms with Gasteiger partial charge in [0, 0.05) is 0 Å². The van der Waals surface area contributed by atoms with Gasteiger partial charge in [0.05, 0.1) is 11.7 Å². The van der Waals surface area contributed by atoms with E-state index in [1.165, 1.54) is 6.42 Å². The molecule has 0 amide bonds. The average Bonchev–Trinajstić information content (AvgIpc) is 2.36. The van der Waals surface area contributed by atoms with Gasteiger partial charge in [-0.25, -0.2) is 0 Å². The molecule has 2 atom stereocenters. The summed E-state index contributed by atoms with van der Waals surface area (Å²) in [7, 11) is 0. The molecule has 1 aromatic carbocycles. The molecule has 0 spiro atoms. The maximum absolute atomic E-state index is 8.79. The monoisotopic (exact) mass is 258 g/mol. The number of rotatable bonds is 2. The number of para-hydroxylation sites is 1. The molecular formula is C17H22O2. The fraction of sp³-hybridized carbons (Fsp3) is 0.529. The van der Waals surface area contributed by atoms with Crippen molar-refractivity contribution in [3.63, 3.8) is 0 Å². The summed E-state index contributed by atoms with van der Waals surface area (Å²) in [6.45, 7) is 4.47. The molecular weight excluding hydrogens is 236 g/mol. The number of hydrogen-bond acceptors (Lipinski definition) is 2. The molecule has 0 bridgehead atoms. The van der Waals surface area contributed by atoms with E-state index >= 15 is 0 Å². The Morgan fingerprint density at radius 3 is 2.53 bits per heavy atom. The van der Waals surface area contributed by atoms with Crippen LogP contribution >= 0.6 is 0 Å². The van der Waals surface area contributed by atoms with E-state index in [0.717, 1.165) is 36.0 Å². The predicted molar refractivity (Wildman–Crippen MR) is 77.0 cm³/mol. The second-order valence-corrected chi connectivity index (χ2v) is 5.61. The Hall–Kier alpha value is -1.46. The summed E-state index contributed by atoms with van der Waals surface area (Å²) in [5.74, 6) is 7.93. The van der Waals surface area contributed by atoms with Gasteiger partial charge in [-0.1, -0.05) is 37.8 Å². The molecule has 1 fully saturated rings. The van der Waals surface area contributed by atoms with E-state index in [2.05, 4.69) is 25.7 Å². The van der Waals surface area contributed by atoms with Crippen LogP contribution in [-0.4, -0.2) is 17.8 Å². The van der Waals surface area contributed by atoms with Crippen molar-refractivity contribution >= 4 is 0 Å². The average molecular weight is 258 g/mol. The van der Waals surface area contributed by atoms with Crippen LogP contribution in [-0.2, 0) is 0 Å². The SMILES string of the molecule is CC1CC(C)CC(Oc2ccccc2C#CCO)C1. The van der Waals surface area contributed by atoms with Crippen molar-refractivity contribution < 1.29 is 9.84 Å². The minimum Gasteiger partial charge on any atom is -0.489 e. The van der Waals surface area contributed by atoms with Gasteiger partial charge >= 0.3 is 0 Å². The van der Waals surface area contributed by atoms with Gasteiger partial charge in [0.1, 0.15) is 12.4 Å². The molecule has 0 radical (unpaired) electrons. The number of hydrogen-bond donors (Lipinski definition) is 1. The second kappa shape index (κ2) is 6.63. The van der Waals surface area contributed by atoms with Crippen molar-refractivity contribution in [3.8, 4) is 17.6 Å². The number of ether oxygens (including phenoxy) is 1. The molecule has 1 aliphatic rings. The Labute approximate surface area is 115 Å². The van der Waals surface area contributed by atoms with E-state index in [1.807, 2.05) is 24.3 Å². The lowest BCUT2D eigenvalue weighted by atomic mass is 9.82. The van der Waals surface area contributed by atoms with Crippen LogP contribution in [0, 0.1) is 23.7 Å². The summed E-state index contributed by atoms with van der Waals surface area (Å²) in [4.78, 5) is 0. The Bertz CT molecular complexity index is 460. The van der Waals surface area contributed by atoms with Gasteiger partial charge in [0.2, 0.25) is 0 Å². The van der Waals surface area contributed by atoms with E-state index in [0.29, 0.717) is 0 Å². The highest BCUT2D eigenvalue weighted by Gasteiger charge is 2.25. The zero-order chi connectivity index (χ0) is 13.7. The minimum absolute atomic E-state index is 0.119. The normalized spacial score (nSPS) is 26.4. The van der Waals surface area contributed by atoms with E-state index in [1.54, 1.807) is 0 Å². The summed E-state index contributed by atoms with van der Waals surface area (Å²) in [6.07, 6.45) is 3.82. The molecule has 102 valence electrons. The van der Waals surface area contributed by atoms with Crippen LogP contribution in [0.1, 0.15) is 38.7 Å². The number of aliphatic hydroxyl groups is 1. The van der Waals surface area contributed by atoms with Gasteiger partial charge in [-0.2, -0.15) is 0 Å². The van der Waals surface area contributed by atoms with Crippen LogP contribution in [0.25, 0.3) is 0 Å². The Morgan fingerprint density at radius 1 is 1.16 bits per heavy atom. The van der Waals surface area contributed by atoms with Crippen LogP contribution in [0.4, 0.5) is 0 Å². The minimum atomic E-state index is -0.119. The van der Waals surface area contributed by atoms with Crippen LogP contribution < -0.4 is 4.74 Å². The number of benzene rings is 1. The molecule has 19 heavy (non-hydrogen) atoms. The molecule has 0 heterocycles. The van der Waals surface area contributed by atoms with Crippen molar-refractivity contribution in [3.05, 3.63) is 29.8 Å². The lowest BCUT2D eigenvalue weighted by Gasteiger charge is -2.31. The predicted octanol–water partition coefficient (Wildman–Crippen LogP) is 3.23. The molecule has 2 heteroatoms. The molecule has 1 saturated carbocycles. The fourth-order valence-corrected chi connectivity index (χ4v) is 2.96. The van der Waals surface area contributed by atoms with Crippen molar-refractivity contribution in [1.82, 2.24) is 0 Å². The van der Waals surface area contributed by atoms with Crippen molar-refractivity contribution in [2.75, 3.05) is 6.61 Å². The zero-order valence-electron chi connectivity index (χ0n) is 11.7. The molecule has 1 aromatic rings. The van der Waals surface area contributed by atoms with Crippen molar-refractivity contribution in [2.24, 2.45) is 11.8 Å². The summed E-state index contributed by atoms with van der Waals surface area (Å²) in [5.41, 5.74) is 0.863. The second-order valence-electron chi connectivity index (χ2n) is 5.61. The third-order valence-electron chi connectivity index (χ3n) is 3.62. The lowest BCUT2D eigenvalue weighted by molar-refractivity contribution is 0.101. The van der Waals surface area contributed by atoms with E-state index in [-0.39, 0.29) is 12.7 Å². The molecule has 0 saturated heterocycles. The molecule has 0 aliphatic heterocycles. The first-order valence-electron chi connectivity index (χ1n) is 7.04. The van der Waals surface area contributed by atoms with Crippen LogP contribution in [0.3, 0.4) is 0 Å². The third kappa shape index (κ3) is 4.01. The standard InChI is InChI=1S/C17H22O2/c1-13-10-14(2)12-16(11-13)19-17-8-4-3-6-15(17)7-5-9-18/h3-4,6,8,13-14,16,18H,9-12H2,1-2H3. The summed E-state index contributed by atoms with van der Waals surface area (Å²) < 4.78 is 6.14. The Kier molecular flexibility index (Phi) is 4.87. The van der Waals surface area contributed by atoms with Gasteiger partial charge in [-0.15, -0.1) is 0 Å². The van der Waals surface area contributed by atoms with Crippen LogP contribution in [0.15, 0.2) is 24.3 Å². The molecule has 2 unspecified atom stereocenters. The fourth-order valence-electron chi connectivity index (χ4n) is 2.96. The van der Waals surface area contributed by atoms with Crippen LogP contribution in [0.5, 0.6) is 5.75 Å². The quantitative estimate of drug-likeness (QED) is 0.825. The Morgan fingerprint density at radius 2 is 1.84 bits per heavy atom. The van der Waals surface area contributed by atoms with Crippen molar-refractivity contribution in [2.45, 2.75) is 39.2 Å². The summed E-state index contributed by atoms with van der Waals surface area (Å²) >= 11 is 0. The largest absolute Gasteiger partial charge is 0.489 e. The van der Waals surface area contributed by atoms with Crippen LogP contribution in [0.2, 0.25) is 0 Å². The maximum Gasteiger partial charge on any atom is 0.135 e. The third-order valence-corrected chi connectivity index (χ3v) is 3.62. The van der Waals surface area contributed by atoms with Gasteiger partial charge in [-0.3, -0.25) is 0 Å². The molecule has 2 rings (SSSR count).